The largest absolute Gasteiger partial charge is 0.438 e. The molecule has 9 nitrogen and oxygen atoms in total. The average molecular weight is 376 g/mol. The first-order valence-electron chi connectivity index (χ1n) is 7.92. The number of para-hydroxylation sites is 1. The third-order valence-electron chi connectivity index (χ3n) is 4.18. The van der Waals surface area contributed by atoms with E-state index in [2.05, 4.69) is 4.98 Å². The lowest BCUT2D eigenvalue weighted by molar-refractivity contribution is 0.0722. The van der Waals surface area contributed by atoms with Gasteiger partial charge in [0.1, 0.15) is 11.8 Å². The second-order valence-electron chi connectivity index (χ2n) is 5.77. The van der Waals surface area contributed by atoms with Crippen molar-refractivity contribution >= 4 is 32.7 Å². The molecule has 136 valence electrons. The zero-order chi connectivity index (χ0) is 18.3. The number of ether oxygens (including phenoxy) is 1. The quantitative estimate of drug-likeness (QED) is 0.675. The molecule has 2 aromatic heterocycles. The highest BCUT2D eigenvalue weighted by molar-refractivity contribution is 7.89. The molecule has 0 aliphatic carbocycles. The summed E-state index contributed by atoms with van der Waals surface area (Å²) in [5.41, 5.74) is 7.31. The van der Waals surface area contributed by atoms with Crippen LogP contribution in [-0.4, -0.2) is 54.5 Å². The summed E-state index contributed by atoms with van der Waals surface area (Å²) in [7, 11) is -3.80. The van der Waals surface area contributed by atoms with E-state index in [-0.39, 0.29) is 23.9 Å². The lowest BCUT2D eigenvalue weighted by Crippen LogP contribution is -2.40. The van der Waals surface area contributed by atoms with E-state index in [0.29, 0.717) is 29.9 Å². The summed E-state index contributed by atoms with van der Waals surface area (Å²) in [5.74, 6) is -0.625. The Morgan fingerprint density at radius 3 is 2.69 bits per heavy atom. The molecule has 10 heteroatoms. The number of anilines is 1. The van der Waals surface area contributed by atoms with E-state index in [9.17, 15) is 13.2 Å². The van der Waals surface area contributed by atoms with Crippen LogP contribution in [0.2, 0.25) is 0 Å². The number of furan rings is 1. The predicted octanol–water partition coefficient (Wildman–Crippen LogP) is 0.921. The molecule has 0 saturated carbocycles. The molecule has 0 amide bonds. The van der Waals surface area contributed by atoms with Gasteiger partial charge in [0.05, 0.1) is 24.4 Å². The molecular weight excluding hydrogens is 360 g/mol. The van der Waals surface area contributed by atoms with Crippen LogP contribution in [0.4, 0.5) is 5.69 Å². The highest BCUT2D eigenvalue weighted by Crippen LogP contribution is 2.23. The smallest absolute Gasteiger partial charge is 0.299 e. The number of carbonyl (C=O) groups excluding carboxylic acids is 1. The monoisotopic (exact) mass is 376 g/mol. The molecule has 2 N–H and O–H groups in total. The summed E-state index contributed by atoms with van der Waals surface area (Å²) in [4.78, 5) is 16.8. The molecule has 1 aromatic carbocycles. The maximum absolute atomic E-state index is 12.7. The number of aromatic nitrogens is 2. The van der Waals surface area contributed by atoms with Gasteiger partial charge in [-0.15, -0.1) is 0 Å². The van der Waals surface area contributed by atoms with Gasteiger partial charge in [0.25, 0.3) is 15.9 Å². The van der Waals surface area contributed by atoms with Gasteiger partial charge in [-0.2, -0.15) is 4.31 Å². The summed E-state index contributed by atoms with van der Waals surface area (Å²) in [5, 5.41) is -0.272. The van der Waals surface area contributed by atoms with Crippen LogP contribution in [0.25, 0.3) is 11.0 Å². The van der Waals surface area contributed by atoms with Crippen molar-refractivity contribution in [2.24, 2.45) is 0 Å². The number of hydrogen-bond acceptors (Lipinski definition) is 7. The van der Waals surface area contributed by atoms with E-state index >= 15 is 0 Å². The van der Waals surface area contributed by atoms with Crippen LogP contribution in [0, 0.1) is 0 Å². The number of rotatable bonds is 3. The maximum Gasteiger partial charge on any atom is 0.299 e. The molecule has 1 aliphatic heterocycles. The predicted molar refractivity (Wildman–Crippen MR) is 92.2 cm³/mol. The molecule has 0 bridgehead atoms. The first kappa shape index (κ1) is 16.8. The SMILES string of the molecule is Nc1cccc2c1ncn2C(=O)c1ccc(S(=O)(=O)N2CCOCC2)o1. The molecule has 0 radical (unpaired) electrons. The zero-order valence-corrected chi connectivity index (χ0v) is 14.5. The van der Waals surface area contributed by atoms with Crippen LogP contribution in [0.5, 0.6) is 0 Å². The summed E-state index contributed by atoms with van der Waals surface area (Å²) in [6.45, 7) is 1.15. The molecule has 1 saturated heterocycles. The van der Waals surface area contributed by atoms with Gasteiger partial charge < -0.3 is 14.9 Å². The molecular formula is C16H16N4O5S. The van der Waals surface area contributed by atoms with Crippen LogP contribution in [0.1, 0.15) is 10.6 Å². The van der Waals surface area contributed by atoms with Gasteiger partial charge in [-0.1, -0.05) is 6.07 Å². The molecule has 0 spiro atoms. The van der Waals surface area contributed by atoms with Crippen molar-refractivity contribution in [3.05, 3.63) is 42.4 Å². The van der Waals surface area contributed by atoms with Crippen molar-refractivity contribution in [3.8, 4) is 0 Å². The summed E-state index contributed by atoms with van der Waals surface area (Å²) in [6, 6.07) is 7.72. The Morgan fingerprint density at radius 1 is 1.15 bits per heavy atom. The van der Waals surface area contributed by atoms with Gasteiger partial charge in [-0.05, 0) is 24.3 Å². The Balaban J connectivity index is 1.67. The Hall–Kier alpha value is -2.69. The molecule has 3 aromatic rings. The lowest BCUT2D eigenvalue weighted by Gasteiger charge is -2.24. The Morgan fingerprint density at radius 2 is 1.92 bits per heavy atom. The number of nitrogens with two attached hydrogens (primary N) is 1. The van der Waals surface area contributed by atoms with Crippen LogP contribution in [0.15, 0.2) is 46.2 Å². The summed E-state index contributed by atoms with van der Waals surface area (Å²) >= 11 is 0. The number of nitrogens with zero attached hydrogens (tertiary/aromatic N) is 3. The number of nitrogen functional groups attached to an aromatic ring is 1. The van der Waals surface area contributed by atoms with Gasteiger partial charge in [0, 0.05) is 13.1 Å². The standard InChI is InChI=1S/C16H16N4O5S/c17-11-2-1-3-12-15(11)18-10-20(12)16(21)13-4-5-14(25-13)26(22,23)19-6-8-24-9-7-19/h1-5,10H,6-9,17H2. The molecule has 0 atom stereocenters. The van der Waals surface area contributed by atoms with Crippen molar-refractivity contribution in [1.29, 1.82) is 0 Å². The van der Waals surface area contributed by atoms with Crippen LogP contribution in [-0.2, 0) is 14.8 Å². The average Bonchev–Trinajstić information content (AvgIpc) is 3.30. The number of carbonyl (C=O) groups is 1. The number of imidazole rings is 1. The van der Waals surface area contributed by atoms with E-state index < -0.39 is 15.9 Å². The highest BCUT2D eigenvalue weighted by atomic mass is 32.2. The summed E-state index contributed by atoms with van der Waals surface area (Å²) in [6.07, 6.45) is 1.34. The third kappa shape index (κ3) is 2.68. The number of morpholine rings is 1. The summed E-state index contributed by atoms with van der Waals surface area (Å²) < 4.78 is 38.3. The van der Waals surface area contributed by atoms with Crippen molar-refractivity contribution in [2.75, 3.05) is 32.0 Å². The third-order valence-corrected chi connectivity index (χ3v) is 5.96. The van der Waals surface area contributed by atoms with Gasteiger partial charge >= 0.3 is 0 Å². The van der Waals surface area contributed by atoms with Crippen LogP contribution >= 0.6 is 0 Å². The minimum absolute atomic E-state index is 0.0986. The van der Waals surface area contributed by atoms with Crippen LogP contribution in [0.3, 0.4) is 0 Å². The number of benzene rings is 1. The lowest BCUT2D eigenvalue weighted by atomic mass is 10.2. The molecule has 0 unspecified atom stereocenters. The zero-order valence-electron chi connectivity index (χ0n) is 13.7. The van der Waals surface area contributed by atoms with Crippen LogP contribution < -0.4 is 5.73 Å². The first-order valence-corrected chi connectivity index (χ1v) is 9.36. The van der Waals surface area contributed by atoms with Gasteiger partial charge in [-0.3, -0.25) is 9.36 Å². The Kier molecular flexibility index (Phi) is 4.02. The molecule has 3 heterocycles. The normalized spacial score (nSPS) is 16.2. The van der Waals surface area contributed by atoms with E-state index in [0.717, 1.165) is 0 Å². The Bertz CT molecular complexity index is 1080. The minimum Gasteiger partial charge on any atom is -0.438 e. The van der Waals surface area contributed by atoms with E-state index in [1.807, 2.05) is 0 Å². The fraction of sp³-hybridized carbons (Fsp3) is 0.250. The fourth-order valence-corrected chi connectivity index (χ4v) is 4.15. The second-order valence-corrected chi connectivity index (χ2v) is 7.64. The number of hydrogen-bond donors (Lipinski definition) is 1. The molecule has 1 aliphatic rings. The molecule has 4 rings (SSSR count). The topological polar surface area (TPSA) is 121 Å². The van der Waals surface area contributed by atoms with E-state index in [4.69, 9.17) is 14.9 Å². The first-order chi connectivity index (χ1) is 12.5. The second kappa shape index (κ2) is 6.24. The fourth-order valence-electron chi connectivity index (χ4n) is 2.83. The van der Waals surface area contributed by atoms with Crippen molar-refractivity contribution in [3.63, 3.8) is 0 Å². The number of fused-ring (bicyclic) bond motifs is 1. The highest BCUT2D eigenvalue weighted by Gasteiger charge is 2.30. The van der Waals surface area contributed by atoms with Crippen molar-refractivity contribution in [2.45, 2.75) is 5.09 Å². The maximum atomic E-state index is 12.7. The Labute approximate surface area is 149 Å². The van der Waals surface area contributed by atoms with E-state index in [1.54, 1.807) is 18.2 Å². The van der Waals surface area contributed by atoms with Gasteiger partial charge in [-0.25, -0.2) is 13.4 Å². The number of sulfonamides is 1. The van der Waals surface area contributed by atoms with E-state index in [1.165, 1.54) is 27.3 Å². The van der Waals surface area contributed by atoms with Crippen molar-refractivity contribution in [1.82, 2.24) is 13.9 Å². The molecule has 26 heavy (non-hydrogen) atoms. The molecule has 1 fully saturated rings. The van der Waals surface area contributed by atoms with Gasteiger partial charge in [0.2, 0.25) is 5.09 Å². The minimum atomic E-state index is -3.80. The van der Waals surface area contributed by atoms with Gasteiger partial charge in [0.15, 0.2) is 5.76 Å². The van der Waals surface area contributed by atoms with Crippen molar-refractivity contribution < 1.29 is 22.4 Å².